The van der Waals surface area contributed by atoms with Gasteiger partial charge in [-0.15, -0.1) is 0 Å². The first-order valence-electron chi connectivity index (χ1n) is 4.44. The zero-order valence-corrected chi connectivity index (χ0v) is 8.00. The van der Waals surface area contributed by atoms with Gasteiger partial charge >= 0.3 is 0 Å². The van der Waals surface area contributed by atoms with Crippen molar-refractivity contribution in [2.24, 2.45) is 0 Å². The van der Waals surface area contributed by atoms with Gasteiger partial charge in [0.1, 0.15) is 11.6 Å². The molecule has 0 radical (unpaired) electrons. The number of hydrogen-bond donors (Lipinski definition) is 3. The molecule has 0 spiro atoms. The molecule has 3 nitrogen and oxygen atoms in total. The minimum absolute atomic E-state index is 0.0291. The van der Waals surface area contributed by atoms with E-state index in [0.717, 1.165) is 6.07 Å². The maximum Gasteiger partial charge on any atom is 0.127 e. The van der Waals surface area contributed by atoms with Crippen LogP contribution in [0.5, 0.6) is 5.75 Å². The number of phenolic OH excluding ortho intramolecular Hbond substituents is 1. The highest BCUT2D eigenvalue weighted by atomic mass is 19.1. The topological polar surface area (TPSA) is 52.5 Å². The van der Waals surface area contributed by atoms with Crippen LogP contribution in [0.1, 0.15) is 12.5 Å². The van der Waals surface area contributed by atoms with Crippen LogP contribution in [0, 0.1) is 5.82 Å². The monoisotopic (exact) mass is 199 g/mol. The van der Waals surface area contributed by atoms with Gasteiger partial charge in [0.25, 0.3) is 0 Å². The summed E-state index contributed by atoms with van der Waals surface area (Å²) < 4.78 is 12.8. The van der Waals surface area contributed by atoms with Crippen molar-refractivity contribution < 1.29 is 14.6 Å². The molecule has 1 atom stereocenters. The second kappa shape index (κ2) is 4.93. The van der Waals surface area contributed by atoms with E-state index in [1.807, 2.05) is 6.92 Å². The number of rotatable bonds is 4. The Morgan fingerprint density at radius 2 is 2.14 bits per heavy atom. The van der Waals surface area contributed by atoms with Crippen molar-refractivity contribution in [1.82, 2.24) is 5.32 Å². The Morgan fingerprint density at radius 1 is 1.43 bits per heavy atom. The molecule has 0 aromatic heterocycles. The smallest absolute Gasteiger partial charge is 0.127 e. The summed E-state index contributed by atoms with van der Waals surface area (Å²) in [6.07, 6.45) is 0. The number of aliphatic hydroxyl groups excluding tert-OH is 1. The highest BCUT2D eigenvalue weighted by Crippen LogP contribution is 2.14. The van der Waals surface area contributed by atoms with Gasteiger partial charge in [0.05, 0.1) is 6.61 Å². The average molecular weight is 199 g/mol. The third-order valence-corrected chi connectivity index (χ3v) is 1.87. The van der Waals surface area contributed by atoms with Crippen LogP contribution in [-0.2, 0) is 6.54 Å². The molecule has 0 fully saturated rings. The summed E-state index contributed by atoms with van der Waals surface area (Å²) in [5.74, 6) is -0.545. The SMILES string of the molecule is C[C@H](CO)NCc1cc(O)cc(F)c1. The lowest BCUT2D eigenvalue weighted by atomic mass is 10.2. The van der Waals surface area contributed by atoms with Gasteiger partial charge < -0.3 is 15.5 Å². The minimum Gasteiger partial charge on any atom is -0.508 e. The van der Waals surface area contributed by atoms with Crippen molar-refractivity contribution in [2.45, 2.75) is 19.5 Å². The number of benzene rings is 1. The van der Waals surface area contributed by atoms with E-state index in [2.05, 4.69) is 5.32 Å². The fourth-order valence-corrected chi connectivity index (χ4v) is 1.09. The van der Waals surface area contributed by atoms with Crippen LogP contribution < -0.4 is 5.32 Å². The van der Waals surface area contributed by atoms with Crippen LogP contribution in [0.15, 0.2) is 18.2 Å². The zero-order chi connectivity index (χ0) is 10.6. The van der Waals surface area contributed by atoms with Crippen molar-refractivity contribution in [2.75, 3.05) is 6.61 Å². The first kappa shape index (κ1) is 10.9. The Kier molecular flexibility index (Phi) is 3.85. The van der Waals surface area contributed by atoms with Gasteiger partial charge in [0, 0.05) is 18.7 Å². The third kappa shape index (κ3) is 3.32. The first-order chi connectivity index (χ1) is 6.61. The lowest BCUT2D eigenvalue weighted by molar-refractivity contribution is 0.251. The molecule has 4 heteroatoms. The van der Waals surface area contributed by atoms with E-state index in [9.17, 15) is 4.39 Å². The largest absolute Gasteiger partial charge is 0.508 e. The Morgan fingerprint density at radius 3 is 2.71 bits per heavy atom. The van der Waals surface area contributed by atoms with Gasteiger partial charge in [-0.2, -0.15) is 0 Å². The van der Waals surface area contributed by atoms with Crippen LogP contribution in [-0.4, -0.2) is 22.9 Å². The van der Waals surface area contributed by atoms with Crippen molar-refractivity contribution >= 4 is 0 Å². The summed E-state index contributed by atoms with van der Waals surface area (Å²) in [4.78, 5) is 0. The van der Waals surface area contributed by atoms with Gasteiger partial charge in [-0.25, -0.2) is 4.39 Å². The summed E-state index contributed by atoms with van der Waals surface area (Å²) in [7, 11) is 0. The van der Waals surface area contributed by atoms with Crippen LogP contribution in [0.25, 0.3) is 0 Å². The molecular weight excluding hydrogens is 185 g/mol. The summed E-state index contributed by atoms with van der Waals surface area (Å²) >= 11 is 0. The summed E-state index contributed by atoms with van der Waals surface area (Å²) in [6, 6.07) is 3.84. The molecule has 14 heavy (non-hydrogen) atoms. The number of aromatic hydroxyl groups is 1. The molecule has 0 aliphatic carbocycles. The third-order valence-electron chi connectivity index (χ3n) is 1.87. The summed E-state index contributed by atoms with van der Waals surface area (Å²) in [6.45, 7) is 2.27. The Labute approximate surface area is 82.2 Å². The highest BCUT2D eigenvalue weighted by molar-refractivity contribution is 5.28. The fourth-order valence-electron chi connectivity index (χ4n) is 1.09. The molecule has 78 valence electrons. The first-order valence-corrected chi connectivity index (χ1v) is 4.44. The molecular formula is C10H14FNO2. The van der Waals surface area contributed by atoms with E-state index in [4.69, 9.17) is 10.2 Å². The molecule has 0 amide bonds. The molecule has 0 aliphatic heterocycles. The fraction of sp³-hybridized carbons (Fsp3) is 0.400. The zero-order valence-electron chi connectivity index (χ0n) is 8.00. The Bertz CT molecular complexity index is 284. The predicted molar refractivity (Wildman–Crippen MR) is 51.5 cm³/mol. The minimum atomic E-state index is -0.460. The van der Waals surface area contributed by atoms with Gasteiger partial charge in [-0.1, -0.05) is 0 Å². The van der Waals surface area contributed by atoms with E-state index >= 15 is 0 Å². The van der Waals surface area contributed by atoms with E-state index in [1.165, 1.54) is 12.1 Å². The Hall–Kier alpha value is -1.13. The summed E-state index contributed by atoms with van der Waals surface area (Å²) in [5, 5.41) is 20.8. The number of aliphatic hydroxyl groups is 1. The number of hydrogen-bond acceptors (Lipinski definition) is 3. The van der Waals surface area contributed by atoms with E-state index in [1.54, 1.807) is 0 Å². The second-order valence-electron chi connectivity index (χ2n) is 3.28. The molecule has 1 aromatic rings. The maximum absolute atomic E-state index is 12.8. The van der Waals surface area contributed by atoms with Crippen molar-refractivity contribution in [3.63, 3.8) is 0 Å². The Balaban J connectivity index is 2.58. The quantitative estimate of drug-likeness (QED) is 0.678. The molecule has 0 bridgehead atoms. The molecule has 0 unspecified atom stereocenters. The van der Waals surface area contributed by atoms with E-state index < -0.39 is 5.82 Å². The summed E-state index contributed by atoms with van der Waals surface area (Å²) in [5.41, 5.74) is 0.655. The molecule has 3 N–H and O–H groups in total. The number of halogens is 1. The van der Waals surface area contributed by atoms with Gasteiger partial charge in [0.2, 0.25) is 0 Å². The maximum atomic E-state index is 12.8. The van der Waals surface area contributed by atoms with Crippen LogP contribution in [0.2, 0.25) is 0 Å². The van der Waals surface area contributed by atoms with Crippen LogP contribution in [0.3, 0.4) is 0 Å². The number of nitrogens with one attached hydrogen (secondary N) is 1. The lowest BCUT2D eigenvalue weighted by Gasteiger charge is -2.10. The highest BCUT2D eigenvalue weighted by Gasteiger charge is 2.02. The molecule has 0 saturated carbocycles. The molecule has 0 aliphatic rings. The van der Waals surface area contributed by atoms with Crippen molar-refractivity contribution in [1.29, 1.82) is 0 Å². The van der Waals surface area contributed by atoms with Crippen molar-refractivity contribution in [3.8, 4) is 5.75 Å². The van der Waals surface area contributed by atoms with Crippen molar-refractivity contribution in [3.05, 3.63) is 29.6 Å². The molecule has 1 aromatic carbocycles. The normalized spacial score (nSPS) is 12.8. The van der Waals surface area contributed by atoms with Crippen LogP contribution >= 0.6 is 0 Å². The average Bonchev–Trinajstić information content (AvgIpc) is 2.12. The number of phenols is 1. The molecule has 0 heterocycles. The molecule has 1 rings (SSSR count). The lowest BCUT2D eigenvalue weighted by Crippen LogP contribution is -2.28. The molecule has 0 saturated heterocycles. The second-order valence-corrected chi connectivity index (χ2v) is 3.28. The van der Waals surface area contributed by atoms with Gasteiger partial charge in [0.15, 0.2) is 0 Å². The van der Waals surface area contributed by atoms with Crippen LogP contribution in [0.4, 0.5) is 4.39 Å². The van der Waals surface area contributed by atoms with E-state index in [-0.39, 0.29) is 18.4 Å². The predicted octanol–water partition coefficient (Wildman–Crippen LogP) is 1.00. The van der Waals surface area contributed by atoms with Gasteiger partial charge in [-0.05, 0) is 24.6 Å². The van der Waals surface area contributed by atoms with Gasteiger partial charge in [-0.3, -0.25) is 0 Å². The van der Waals surface area contributed by atoms with E-state index in [0.29, 0.717) is 12.1 Å². The standard InChI is InChI=1S/C10H14FNO2/c1-7(6-13)12-5-8-2-9(11)4-10(14)3-8/h2-4,7,12-14H,5-6H2,1H3/t7-/m1/s1.